The van der Waals surface area contributed by atoms with E-state index < -0.39 is 5.97 Å². The zero-order chi connectivity index (χ0) is 17.4. The number of amides is 3. The predicted molar refractivity (Wildman–Crippen MR) is 83.4 cm³/mol. The predicted octanol–water partition coefficient (Wildman–Crippen LogP) is 1.17. The summed E-state index contributed by atoms with van der Waals surface area (Å²) in [4.78, 5) is 47.2. The van der Waals surface area contributed by atoms with Gasteiger partial charge in [-0.25, -0.2) is 0 Å². The second-order valence-electron chi connectivity index (χ2n) is 6.03. The topological polar surface area (TPSA) is 104 Å². The molecular formula is C16H26N2O5. The van der Waals surface area contributed by atoms with Crippen LogP contribution in [0.5, 0.6) is 0 Å². The van der Waals surface area contributed by atoms with Crippen molar-refractivity contribution in [3.63, 3.8) is 0 Å². The number of imide groups is 1. The fourth-order valence-electron chi connectivity index (χ4n) is 2.53. The Bertz CT molecular complexity index is 463. The summed E-state index contributed by atoms with van der Waals surface area (Å²) in [6.45, 7) is 4.15. The molecule has 0 aromatic heterocycles. The van der Waals surface area contributed by atoms with Gasteiger partial charge in [-0.15, -0.1) is 0 Å². The number of carbonyl (C=O) groups excluding carboxylic acids is 3. The van der Waals surface area contributed by atoms with E-state index >= 15 is 0 Å². The molecule has 2 atom stereocenters. The zero-order valence-electron chi connectivity index (χ0n) is 13.8. The molecule has 0 aliphatic carbocycles. The molecule has 3 amide bonds. The summed E-state index contributed by atoms with van der Waals surface area (Å²) in [6.07, 6.45) is 3.03. The standard InChI is InChI=1S/C16H26N2O5/c1-3-12-10-14(20)18(15(12)21)9-7-13(19)17-8-5-4-6-11(2)16(22)23/h11-12H,3-10H2,1-2H3,(H,17,19)(H,22,23). The lowest BCUT2D eigenvalue weighted by molar-refractivity contribution is -0.142. The largest absolute Gasteiger partial charge is 0.481 e. The number of carbonyl (C=O) groups is 4. The Labute approximate surface area is 136 Å². The first-order valence-corrected chi connectivity index (χ1v) is 8.20. The van der Waals surface area contributed by atoms with E-state index in [4.69, 9.17) is 5.11 Å². The van der Waals surface area contributed by atoms with Crippen LogP contribution in [0.4, 0.5) is 0 Å². The number of nitrogens with one attached hydrogen (secondary N) is 1. The van der Waals surface area contributed by atoms with Crippen molar-refractivity contribution in [2.75, 3.05) is 13.1 Å². The molecule has 0 saturated carbocycles. The van der Waals surface area contributed by atoms with Gasteiger partial charge in [0.15, 0.2) is 0 Å². The van der Waals surface area contributed by atoms with Crippen LogP contribution in [0.1, 0.15) is 52.4 Å². The molecule has 0 spiro atoms. The molecule has 7 heteroatoms. The Hall–Kier alpha value is -1.92. The summed E-state index contributed by atoms with van der Waals surface area (Å²) < 4.78 is 0. The summed E-state index contributed by atoms with van der Waals surface area (Å²) >= 11 is 0. The molecule has 130 valence electrons. The minimum atomic E-state index is -0.806. The molecule has 0 radical (unpaired) electrons. The van der Waals surface area contributed by atoms with Crippen molar-refractivity contribution in [2.24, 2.45) is 11.8 Å². The van der Waals surface area contributed by atoms with Crippen molar-refractivity contribution in [2.45, 2.75) is 52.4 Å². The number of aliphatic carboxylic acids is 1. The monoisotopic (exact) mass is 326 g/mol. The maximum Gasteiger partial charge on any atom is 0.306 e. The summed E-state index contributed by atoms with van der Waals surface area (Å²) in [7, 11) is 0. The minimum absolute atomic E-state index is 0.111. The van der Waals surface area contributed by atoms with Crippen molar-refractivity contribution in [1.29, 1.82) is 0 Å². The molecule has 0 aromatic rings. The van der Waals surface area contributed by atoms with Crippen molar-refractivity contribution >= 4 is 23.7 Å². The average molecular weight is 326 g/mol. The maximum atomic E-state index is 11.9. The highest BCUT2D eigenvalue weighted by Crippen LogP contribution is 2.22. The number of carboxylic acids is 1. The van der Waals surface area contributed by atoms with Gasteiger partial charge in [-0.05, 0) is 19.3 Å². The van der Waals surface area contributed by atoms with Gasteiger partial charge in [0.2, 0.25) is 17.7 Å². The van der Waals surface area contributed by atoms with Gasteiger partial charge in [0.25, 0.3) is 0 Å². The molecule has 1 rings (SSSR count). The Kier molecular flexibility index (Phi) is 7.71. The van der Waals surface area contributed by atoms with Gasteiger partial charge in [-0.3, -0.25) is 24.1 Å². The second-order valence-corrected chi connectivity index (χ2v) is 6.03. The molecule has 7 nitrogen and oxygen atoms in total. The van der Waals surface area contributed by atoms with Crippen LogP contribution < -0.4 is 5.32 Å². The minimum Gasteiger partial charge on any atom is -0.481 e. The number of nitrogens with zero attached hydrogens (tertiary/aromatic N) is 1. The van der Waals surface area contributed by atoms with Crippen molar-refractivity contribution in [3.05, 3.63) is 0 Å². The molecule has 2 unspecified atom stereocenters. The Morgan fingerprint density at radius 3 is 2.61 bits per heavy atom. The molecule has 2 N–H and O–H groups in total. The third-order valence-corrected chi connectivity index (χ3v) is 4.20. The van der Waals surface area contributed by atoms with E-state index in [1.807, 2.05) is 6.92 Å². The fraction of sp³-hybridized carbons (Fsp3) is 0.750. The second kappa shape index (κ2) is 9.27. The number of hydrogen-bond acceptors (Lipinski definition) is 4. The first kappa shape index (κ1) is 19.1. The molecule has 0 bridgehead atoms. The fourth-order valence-corrected chi connectivity index (χ4v) is 2.53. The maximum absolute atomic E-state index is 11.9. The lowest BCUT2D eigenvalue weighted by atomic mass is 10.0. The number of likely N-dealkylation sites (tertiary alicyclic amines) is 1. The lowest BCUT2D eigenvalue weighted by Gasteiger charge is -2.14. The van der Waals surface area contributed by atoms with E-state index in [0.29, 0.717) is 25.8 Å². The van der Waals surface area contributed by atoms with Crippen molar-refractivity contribution < 1.29 is 24.3 Å². The van der Waals surface area contributed by atoms with Gasteiger partial charge in [0.05, 0.1) is 5.92 Å². The normalized spacial score (nSPS) is 19.0. The highest BCUT2D eigenvalue weighted by Gasteiger charge is 2.36. The van der Waals surface area contributed by atoms with E-state index in [1.54, 1.807) is 6.92 Å². The molecule has 23 heavy (non-hydrogen) atoms. The Morgan fingerprint density at radius 1 is 1.35 bits per heavy atom. The average Bonchev–Trinajstić information content (AvgIpc) is 2.78. The van der Waals surface area contributed by atoms with Crippen LogP contribution in [0.3, 0.4) is 0 Å². The molecule has 1 aliphatic rings. The van der Waals surface area contributed by atoms with Crippen LogP contribution in [-0.2, 0) is 19.2 Å². The van der Waals surface area contributed by atoms with E-state index in [1.165, 1.54) is 4.90 Å². The molecule has 1 saturated heterocycles. The van der Waals surface area contributed by atoms with Gasteiger partial charge >= 0.3 is 5.97 Å². The van der Waals surface area contributed by atoms with Crippen LogP contribution >= 0.6 is 0 Å². The van der Waals surface area contributed by atoms with E-state index in [9.17, 15) is 19.2 Å². The van der Waals surface area contributed by atoms with E-state index in [2.05, 4.69) is 5.32 Å². The zero-order valence-corrected chi connectivity index (χ0v) is 13.8. The summed E-state index contributed by atoms with van der Waals surface area (Å²) in [5, 5.41) is 11.5. The van der Waals surface area contributed by atoms with Crippen molar-refractivity contribution in [3.8, 4) is 0 Å². The number of hydrogen-bond donors (Lipinski definition) is 2. The third-order valence-electron chi connectivity index (χ3n) is 4.20. The van der Waals surface area contributed by atoms with Crippen molar-refractivity contribution in [1.82, 2.24) is 10.2 Å². The summed E-state index contributed by atoms with van der Waals surface area (Å²) in [6, 6.07) is 0. The third kappa shape index (κ3) is 6.00. The van der Waals surface area contributed by atoms with Gasteiger partial charge in [-0.1, -0.05) is 20.3 Å². The van der Waals surface area contributed by atoms with Crippen LogP contribution in [0.15, 0.2) is 0 Å². The summed E-state index contributed by atoms with van der Waals surface area (Å²) in [5.41, 5.74) is 0. The highest BCUT2D eigenvalue weighted by atomic mass is 16.4. The molecular weight excluding hydrogens is 300 g/mol. The molecule has 1 heterocycles. The number of rotatable bonds is 10. The lowest BCUT2D eigenvalue weighted by Crippen LogP contribution is -2.35. The Morgan fingerprint density at radius 2 is 2.04 bits per heavy atom. The van der Waals surface area contributed by atoms with Crippen LogP contribution in [-0.4, -0.2) is 46.8 Å². The highest BCUT2D eigenvalue weighted by molar-refractivity contribution is 6.03. The van der Waals surface area contributed by atoms with Gasteiger partial charge in [0.1, 0.15) is 0 Å². The first-order valence-electron chi connectivity index (χ1n) is 8.20. The molecule has 1 aliphatic heterocycles. The van der Waals surface area contributed by atoms with Gasteiger partial charge in [-0.2, -0.15) is 0 Å². The smallest absolute Gasteiger partial charge is 0.306 e. The van der Waals surface area contributed by atoms with Crippen LogP contribution in [0, 0.1) is 11.8 Å². The van der Waals surface area contributed by atoms with E-state index in [0.717, 1.165) is 6.42 Å². The van der Waals surface area contributed by atoms with Crippen LogP contribution in [0.2, 0.25) is 0 Å². The van der Waals surface area contributed by atoms with Gasteiger partial charge in [0, 0.05) is 31.8 Å². The number of unbranched alkanes of at least 4 members (excludes halogenated alkanes) is 1. The van der Waals surface area contributed by atoms with Gasteiger partial charge < -0.3 is 10.4 Å². The SMILES string of the molecule is CCC1CC(=O)N(CCC(=O)NCCCCC(C)C(=O)O)C1=O. The van der Waals surface area contributed by atoms with E-state index in [-0.39, 0.29) is 48.9 Å². The Balaban J connectivity index is 2.16. The van der Waals surface area contributed by atoms with Crippen LogP contribution in [0.25, 0.3) is 0 Å². The quantitative estimate of drug-likeness (QED) is 0.463. The first-order chi connectivity index (χ1) is 10.9. The number of carboxylic acid groups (broad SMARTS) is 1. The molecule has 0 aromatic carbocycles. The summed E-state index contributed by atoms with van der Waals surface area (Å²) in [5.74, 6) is -1.98. The molecule has 1 fully saturated rings.